The van der Waals surface area contributed by atoms with E-state index in [1.807, 2.05) is 20.8 Å². The maximum absolute atomic E-state index is 11.9. The molecule has 0 aliphatic heterocycles. The number of aromatic nitrogens is 4. The van der Waals surface area contributed by atoms with E-state index in [4.69, 9.17) is 0 Å². The number of rotatable bonds is 6. The number of hydrogen-bond acceptors (Lipinski definition) is 4. The normalized spacial score (nSPS) is 11.9. The number of nitrogens with zero attached hydrogens (tertiary/aromatic N) is 4. The molecule has 1 amide bonds. The van der Waals surface area contributed by atoms with Crippen molar-refractivity contribution in [2.24, 2.45) is 5.92 Å². The number of amides is 1. The SMILES string of the molecule is Cc1nnnn1CCC(=O)NC(C)(C)CC(C)C. The quantitative estimate of drug-likeness (QED) is 0.829. The molecule has 0 radical (unpaired) electrons. The number of carbonyl (C=O) groups excluding carboxylic acids is 1. The molecule has 6 heteroatoms. The second-order valence-electron chi connectivity index (χ2n) is 5.73. The van der Waals surface area contributed by atoms with Crippen LogP contribution >= 0.6 is 0 Å². The van der Waals surface area contributed by atoms with Crippen LogP contribution in [0.4, 0.5) is 0 Å². The van der Waals surface area contributed by atoms with Gasteiger partial charge in [-0.25, -0.2) is 4.68 Å². The van der Waals surface area contributed by atoms with E-state index in [0.29, 0.717) is 18.9 Å². The van der Waals surface area contributed by atoms with Crippen LogP contribution in [-0.4, -0.2) is 31.7 Å². The van der Waals surface area contributed by atoms with E-state index in [-0.39, 0.29) is 11.4 Å². The summed E-state index contributed by atoms with van der Waals surface area (Å²) in [6, 6.07) is 0. The molecule has 1 aromatic rings. The van der Waals surface area contributed by atoms with Gasteiger partial charge in [-0.05, 0) is 43.5 Å². The molecular weight excluding hydrogens is 230 g/mol. The van der Waals surface area contributed by atoms with E-state index < -0.39 is 0 Å². The van der Waals surface area contributed by atoms with Gasteiger partial charge >= 0.3 is 0 Å². The van der Waals surface area contributed by atoms with Gasteiger partial charge in [-0.3, -0.25) is 4.79 Å². The van der Waals surface area contributed by atoms with Crippen LogP contribution in [0.3, 0.4) is 0 Å². The maximum atomic E-state index is 11.9. The summed E-state index contributed by atoms with van der Waals surface area (Å²) < 4.78 is 1.63. The minimum Gasteiger partial charge on any atom is -0.351 e. The largest absolute Gasteiger partial charge is 0.351 e. The van der Waals surface area contributed by atoms with E-state index in [1.54, 1.807) is 4.68 Å². The molecule has 1 heterocycles. The highest BCUT2D eigenvalue weighted by molar-refractivity contribution is 5.76. The lowest BCUT2D eigenvalue weighted by molar-refractivity contribution is -0.123. The first kappa shape index (κ1) is 14.6. The van der Waals surface area contributed by atoms with Crippen LogP contribution in [0.1, 0.15) is 46.4 Å². The monoisotopic (exact) mass is 253 g/mol. The van der Waals surface area contributed by atoms with Gasteiger partial charge in [0.25, 0.3) is 0 Å². The van der Waals surface area contributed by atoms with Gasteiger partial charge in [0.15, 0.2) is 0 Å². The Hall–Kier alpha value is -1.46. The van der Waals surface area contributed by atoms with Crippen molar-refractivity contribution in [2.75, 3.05) is 0 Å². The van der Waals surface area contributed by atoms with Gasteiger partial charge in [-0.15, -0.1) is 5.10 Å². The maximum Gasteiger partial charge on any atom is 0.222 e. The Labute approximate surface area is 108 Å². The molecule has 0 aromatic carbocycles. The summed E-state index contributed by atoms with van der Waals surface area (Å²) in [6.45, 7) is 10.7. The molecule has 1 rings (SSSR count). The minimum absolute atomic E-state index is 0.0375. The molecule has 0 unspecified atom stereocenters. The van der Waals surface area contributed by atoms with E-state index in [1.165, 1.54) is 0 Å². The Balaban J connectivity index is 2.40. The molecule has 0 bridgehead atoms. The highest BCUT2D eigenvalue weighted by Crippen LogP contribution is 2.15. The van der Waals surface area contributed by atoms with Crippen LogP contribution in [0.15, 0.2) is 0 Å². The number of tetrazole rings is 1. The van der Waals surface area contributed by atoms with E-state index in [9.17, 15) is 4.79 Å². The molecule has 102 valence electrons. The second kappa shape index (κ2) is 5.93. The van der Waals surface area contributed by atoms with Crippen molar-refractivity contribution in [2.45, 2.75) is 59.5 Å². The van der Waals surface area contributed by atoms with Crippen molar-refractivity contribution in [3.8, 4) is 0 Å². The Morgan fingerprint density at radius 3 is 2.61 bits per heavy atom. The molecule has 1 N–H and O–H groups in total. The summed E-state index contributed by atoms with van der Waals surface area (Å²) in [7, 11) is 0. The highest BCUT2D eigenvalue weighted by atomic mass is 16.1. The van der Waals surface area contributed by atoms with Crippen LogP contribution in [0.5, 0.6) is 0 Å². The lowest BCUT2D eigenvalue weighted by atomic mass is 9.92. The Morgan fingerprint density at radius 1 is 1.44 bits per heavy atom. The molecule has 0 saturated carbocycles. The second-order valence-corrected chi connectivity index (χ2v) is 5.73. The molecule has 0 atom stereocenters. The summed E-state index contributed by atoms with van der Waals surface area (Å²) in [5, 5.41) is 14.2. The molecule has 0 fully saturated rings. The molecule has 0 saturated heterocycles. The first-order chi connectivity index (χ1) is 8.30. The number of carbonyl (C=O) groups is 1. The van der Waals surface area contributed by atoms with Gasteiger partial charge in [0.1, 0.15) is 5.82 Å². The Kier molecular flexibility index (Phi) is 4.81. The van der Waals surface area contributed by atoms with E-state index in [0.717, 1.165) is 12.2 Å². The molecule has 0 aliphatic rings. The average Bonchev–Trinajstić information content (AvgIpc) is 2.58. The van der Waals surface area contributed by atoms with Crippen molar-refractivity contribution in [3.63, 3.8) is 0 Å². The van der Waals surface area contributed by atoms with Crippen molar-refractivity contribution in [3.05, 3.63) is 5.82 Å². The first-order valence-corrected chi connectivity index (χ1v) is 6.34. The third kappa shape index (κ3) is 4.81. The third-order valence-corrected chi connectivity index (χ3v) is 2.66. The zero-order chi connectivity index (χ0) is 13.8. The number of nitrogens with one attached hydrogen (secondary N) is 1. The summed E-state index contributed by atoms with van der Waals surface area (Å²) in [5.74, 6) is 1.32. The van der Waals surface area contributed by atoms with Gasteiger partial charge in [-0.2, -0.15) is 0 Å². The summed E-state index contributed by atoms with van der Waals surface area (Å²) in [5.41, 5.74) is -0.166. The lowest BCUT2D eigenvalue weighted by Crippen LogP contribution is -2.44. The molecule has 0 spiro atoms. The van der Waals surface area contributed by atoms with Crippen molar-refractivity contribution in [1.29, 1.82) is 0 Å². The van der Waals surface area contributed by atoms with Gasteiger partial charge in [-0.1, -0.05) is 13.8 Å². The number of hydrogen-bond donors (Lipinski definition) is 1. The summed E-state index contributed by atoms with van der Waals surface area (Å²) in [6.07, 6.45) is 1.36. The molecule has 18 heavy (non-hydrogen) atoms. The predicted octanol–water partition coefficient (Wildman–Crippen LogP) is 1.31. The third-order valence-electron chi connectivity index (χ3n) is 2.66. The number of aryl methyl sites for hydroxylation is 2. The van der Waals surface area contributed by atoms with Crippen molar-refractivity contribution < 1.29 is 4.79 Å². The van der Waals surface area contributed by atoms with E-state index in [2.05, 4.69) is 34.7 Å². The van der Waals surface area contributed by atoms with Gasteiger partial charge in [0.2, 0.25) is 5.91 Å². The van der Waals surface area contributed by atoms with Crippen molar-refractivity contribution >= 4 is 5.91 Å². The Bertz CT molecular complexity index is 397. The summed E-state index contributed by atoms with van der Waals surface area (Å²) in [4.78, 5) is 11.9. The fourth-order valence-electron chi connectivity index (χ4n) is 2.17. The lowest BCUT2D eigenvalue weighted by Gasteiger charge is -2.28. The van der Waals surface area contributed by atoms with Gasteiger partial charge in [0.05, 0.1) is 6.54 Å². The minimum atomic E-state index is -0.166. The summed E-state index contributed by atoms with van der Waals surface area (Å²) >= 11 is 0. The molecule has 1 aromatic heterocycles. The van der Waals surface area contributed by atoms with E-state index >= 15 is 0 Å². The van der Waals surface area contributed by atoms with Crippen LogP contribution in [0.25, 0.3) is 0 Å². The fraction of sp³-hybridized carbons (Fsp3) is 0.833. The van der Waals surface area contributed by atoms with Crippen molar-refractivity contribution in [1.82, 2.24) is 25.5 Å². The smallest absolute Gasteiger partial charge is 0.222 e. The predicted molar refractivity (Wildman–Crippen MR) is 68.8 cm³/mol. The van der Waals surface area contributed by atoms with Gasteiger partial charge < -0.3 is 5.32 Å². The zero-order valence-electron chi connectivity index (χ0n) is 11.9. The molecular formula is C12H23N5O. The molecule has 0 aliphatic carbocycles. The zero-order valence-corrected chi connectivity index (χ0v) is 11.9. The van der Waals surface area contributed by atoms with Crippen LogP contribution in [-0.2, 0) is 11.3 Å². The average molecular weight is 253 g/mol. The van der Waals surface area contributed by atoms with Crippen LogP contribution < -0.4 is 5.32 Å². The van der Waals surface area contributed by atoms with Crippen LogP contribution in [0.2, 0.25) is 0 Å². The van der Waals surface area contributed by atoms with Gasteiger partial charge in [0, 0.05) is 12.0 Å². The highest BCUT2D eigenvalue weighted by Gasteiger charge is 2.21. The molecule has 6 nitrogen and oxygen atoms in total. The topological polar surface area (TPSA) is 72.7 Å². The fourth-order valence-corrected chi connectivity index (χ4v) is 2.17. The van der Waals surface area contributed by atoms with Crippen LogP contribution in [0, 0.1) is 12.8 Å². The Morgan fingerprint density at radius 2 is 2.11 bits per heavy atom. The standard InChI is InChI=1S/C12H23N5O/c1-9(2)8-12(4,5)13-11(18)6-7-17-10(3)14-15-16-17/h9H,6-8H2,1-5H3,(H,13,18). The first-order valence-electron chi connectivity index (χ1n) is 6.34.